The Morgan fingerprint density at radius 2 is 1.91 bits per heavy atom. The van der Waals surface area contributed by atoms with Gasteiger partial charge in [0.15, 0.2) is 0 Å². The second kappa shape index (κ2) is 8.41. The molecular formula is C25H25N3O3S. The summed E-state index contributed by atoms with van der Waals surface area (Å²) >= 11 is 1.65. The number of benzene rings is 2. The molecule has 1 aromatic heterocycles. The Hall–Kier alpha value is -3.16. The number of amides is 3. The molecule has 0 radical (unpaired) electrons. The van der Waals surface area contributed by atoms with Gasteiger partial charge in [-0.05, 0) is 34.7 Å². The molecular weight excluding hydrogens is 422 g/mol. The van der Waals surface area contributed by atoms with E-state index in [0.717, 1.165) is 27.3 Å². The van der Waals surface area contributed by atoms with Crippen LogP contribution in [0.15, 0.2) is 60.7 Å². The van der Waals surface area contributed by atoms with Gasteiger partial charge in [0.05, 0.1) is 19.0 Å². The molecule has 0 spiro atoms. The largest absolute Gasteiger partial charge is 0.370 e. The fraction of sp³-hybridized carbons (Fsp3) is 0.280. The minimum atomic E-state index is -0.417. The smallest absolute Gasteiger partial charge is 0.345 e. The van der Waals surface area contributed by atoms with Crippen LogP contribution in [-0.4, -0.2) is 28.4 Å². The number of nitrogens with two attached hydrogens (primary N) is 1. The van der Waals surface area contributed by atoms with Crippen molar-refractivity contribution in [2.45, 2.75) is 38.5 Å². The van der Waals surface area contributed by atoms with E-state index in [0.29, 0.717) is 13.2 Å². The Labute approximate surface area is 191 Å². The second-order valence-electron chi connectivity index (χ2n) is 8.16. The zero-order valence-corrected chi connectivity index (χ0v) is 18.7. The summed E-state index contributed by atoms with van der Waals surface area (Å²) in [6.45, 7) is 2.94. The van der Waals surface area contributed by atoms with Crippen molar-refractivity contribution in [3.8, 4) is 10.4 Å². The van der Waals surface area contributed by atoms with Gasteiger partial charge in [-0.15, -0.1) is 11.3 Å². The van der Waals surface area contributed by atoms with E-state index in [1.54, 1.807) is 16.2 Å². The molecule has 2 aliphatic heterocycles. The van der Waals surface area contributed by atoms with Gasteiger partial charge < -0.3 is 10.6 Å². The first-order valence-corrected chi connectivity index (χ1v) is 11.6. The van der Waals surface area contributed by atoms with Crippen LogP contribution in [0.1, 0.15) is 47.0 Å². The Kier molecular flexibility index (Phi) is 5.45. The number of hydroxylamine groups is 2. The van der Waals surface area contributed by atoms with Crippen molar-refractivity contribution in [1.29, 1.82) is 0 Å². The first-order valence-electron chi connectivity index (χ1n) is 10.8. The van der Waals surface area contributed by atoms with Crippen molar-refractivity contribution in [2.24, 2.45) is 5.73 Å². The Balaban J connectivity index is 1.52. The van der Waals surface area contributed by atoms with Crippen LogP contribution in [-0.2, 0) is 22.7 Å². The molecule has 2 bridgehead atoms. The first kappa shape index (κ1) is 20.7. The zero-order valence-electron chi connectivity index (χ0n) is 17.9. The average Bonchev–Trinajstić information content (AvgIpc) is 3.37. The monoisotopic (exact) mass is 447 g/mol. The predicted octanol–water partition coefficient (Wildman–Crippen LogP) is 4.82. The van der Waals surface area contributed by atoms with Gasteiger partial charge in [-0.1, -0.05) is 61.5 Å². The van der Waals surface area contributed by atoms with Crippen LogP contribution < -0.4 is 5.73 Å². The van der Waals surface area contributed by atoms with E-state index >= 15 is 0 Å². The third kappa shape index (κ3) is 3.57. The lowest BCUT2D eigenvalue weighted by Crippen LogP contribution is -2.36. The third-order valence-electron chi connectivity index (χ3n) is 6.19. The Morgan fingerprint density at radius 1 is 1.16 bits per heavy atom. The van der Waals surface area contributed by atoms with Crippen molar-refractivity contribution < 1.29 is 14.4 Å². The minimum absolute atomic E-state index is 0.105. The summed E-state index contributed by atoms with van der Waals surface area (Å²) in [7, 11) is 0. The topological polar surface area (TPSA) is 75.9 Å². The summed E-state index contributed by atoms with van der Waals surface area (Å²) in [6.07, 6.45) is 1.04. The molecule has 164 valence electrons. The number of rotatable bonds is 7. The maximum absolute atomic E-state index is 13.2. The highest BCUT2D eigenvalue weighted by Gasteiger charge is 2.50. The molecule has 7 heteroatoms. The number of carbonyl (C=O) groups is 2. The standard InChI is InChI=1S/C25H25N3O3S/c1-2-17-10-6-7-11-18(17)22-12-19-21-14-27(20(13-23(26)29)24(19)32-22)25(30)28(21)31-15-16-8-4-3-5-9-16/h3-12,20-21H,2,13-15H2,1H3,(H2,26,29)/t20-,21-/m1/s1. The van der Waals surface area contributed by atoms with Gasteiger partial charge >= 0.3 is 6.03 Å². The molecule has 2 aliphatic rings. The number of aryl methyl sites for hydroxylation is 1. The first-order chi connectivity index (χ1) is 15.6. The van der Waals surface area contributed by atoms with Crippen LogP contribution in [0.3, 0.4) is 0 Å². The summed E-state index contributed by atoms with van der Waals surface area (Å²) in [5.41, 5.74) is 10.1. The number of primary amides is 1. The summed E-state index contributed by atoms with van der Waals surface area (Å²) in [5.74, 6) is -0.417. The fourth-order valence-electron chi connectivity index (χ4n) is 4.62. The van der Waals surface area contributed by atoms with Gasteiger partial charge in [0.25, 0.3) is 0 Å². The Morgan fingerprint density at radius 3 is 2.66 bits per heavy atom. The fourth-order valence-corrected chi connectivity index (χ4v) is 6.02. The van der Waals surface area contributed by atoms with E-state index in [-0.39, 0.29) is 24.5 Å². The van der Waals surface area contributed by atoms with E-state index in [4.69, 9.17) is 10.6 Å². The van der Waals surface area contributed by atoms with Crippen LogP contribution in [0.25, 0.3) is 10.4 Å². The SMILES string of the molecule is CCc1ccccc1-c1cc2c(s1)[C@@H](CC(N)=O)N1C[C@H]2N(OCc2ccccc2)C1=O. The molecule has 3 aromatic rings. The Bertz CT molecular complexity index is 1160. The molecule has 3 amide bonds. The second-order valence-corrected chi connectivity index (χ2v) is 9.25. The van der Waals surface area contributed by atoms with Gasteiger partial charge in [0.1, 0.15) is 12.6 Å². The number of fused-ring (bicyclic) bond motifs is 4. The van der Waals surface area contributed by atoms with E-state index in [9.17, 15) is 9.59 Å². The summed E-state index contributed by atoms with van der Waals surface area (Å²) in [6, 6.07) is 19.6. The minimum Gasteiger partial charge on any atom is -0.370 e. The van der Waals surface area contributed by atoms with E-state index < -0.39 is 5.91 Å². The number of urea groups is 1. The van der Waals surface area contributed by atoms with Crippen LogP contribution in [0.5, 0.6) is 0 Å². The number of thiophene rings is 1. The lowest BCUT2D eigenvalue weighted by atomic mass is 9.96. The van der Waals surface area contributed by atoms with Crippen molar-refractivity contribution >= 4 is 23.3 Å². The van der Waals surface area contributed by atoms with Crippen LogP contribution in [0, 0.1) is 0 Å². The maximum Gasteiger partial charge on any atom is 0.345 e. The van der Waals surface area contributed by atoms with Crippen LogP contribution in [0.4, 0.5) is 4.79 Å². The molecule has 6 nitrogen and oxygen atoms in total. The molecule has 3 heterocycles. The van der Waals surface area contributed by atoms with E-state index in [1.165, 1.54) is 16.2 Å². The van der Waals surface area contributed by atoms with Crippen LogP contribution in [0.2, 0.25) is 0 Å². The normalized spacial score (nSPS) is 19.3. The van der Waals surface area contributed by atoms with E-state index in [2.05, 4.69) is 31.2 Å². The van der Waals surface area contributed by atoms with Gasteiger partial charge in [-0.3, -0.25) is 9.63 Å². The molecule has 32 heavy (non-hydrogen) atoms. The summed E-state index contributed by atoms with van der Waals surface area (Å²) in [4.78, 5) is 35.0. The number of nitrogens with zero attached hydrogens (tertiary/aromatic N) is 2. The molecule has 0 saturated carbocycles. The molecule has 1 fully saturated rings. The van der Waals surface area contributed by atoms with Crippen molar-refractivity contribution in [2.75, 3.05) is 6.54 Å². The average molecular weight is 448 g/mol. The molecule has 2 atom stereocenters. The maximum atomic E-state index is 13.2. The van der Waals surface area contributed by atoms with E-state index in [1.807, 2.05) is 36.4 Å². The third-order valence-corrected chi connectivity index (χ3v) is 7.47. The highest BCUT2D eigenvalue weighted by Crippen LogP contribution is 2.50. The van der Waals surface area contributed by atoms with Gasteiger partial charge in [0.2, 0.25) is 5.91 Å². The molecule has 1 saturated heterocycles. The lowest BCUT2D eigenvalue weighted by Gasteiger charge is -2.29. The lowest BCUT2D eigenvalue weighted by molar-refractivity contribution is -0.141. The zero-order chi connectivity index (χ0) is 22.2. The molecule has 0 unspecified atom stereocenters. The van der Waals surface area contributed by atoms with Gasteiger partial charge in [-0.25, -0.2) is 4.79 Å². The molecule has 2 aromatic carbocycles. The highest BCUT2D eigenvalue weighted by atomic mass is 32.1. The number of carbonyl (C=O) groups excluding carboxylic acids is 2. The van der Waals surface area contributed by atoms with Crippen LogP contribution >= 0.6 is 11.3 Å². The number of hydrogen-bond donors (Lipinski definition) is 1. The van der Waals surface area contributed by atoms with Gasteiger partial charge in [0, 0.05) is 9.75 Å². The number of hydrogen-bond acceptors (Lipinski definition) is 4. The summed E-state index contributed by atoms with van der Waals surface area (Å²) in [5, 5.41) is 1.48. The molecule has 5 rings (SSSR count). The predicted molar refractivity (Wildman–Crippen MR) is 124 cm³/mol. The quantitative estimate of drug-likeness (QED) is 0.564. The molecule has 2 N–H and O–H groups in total. The highest BCUT2D eigenvalue weighted by molar-refractivity contribution is 7.15. The molecule has 0 aliphatic carbocycles. The van der Waals surface area contributed by atoms with Crippen molar-refractivity contribution in [3.63, 3.8) is 0 Å². The van der Waals surface area contributed by atoms with Gasteiger partial charge in [-0.2, -0.15) is 5.06 Å². The van der Waals surface area contributed by atoms with Crippen molar-refractivity contribution in [1.82, 2.24) is 9.96 Å². The summed E-state index contributed by atoms with van der Waals surface area (Å²) < 4.78 is 0. The van der Waals surface area contributed by atoms with Crippen molar-refractivity contribution in [3.05, 3.63) is 82.2 Å².